The normalized spacial score (nSPS) is 28.1. The van der Waals surface area contributed by atoms with Gasteiger partial charge in [0.05, 0.1) is 13.2 Å². The van der Waals surface area contributed by atoms with Crippen molar-refractivity contribution in [2.75, 3.05) is 19.7 Å². The van der Waals surface area contributed by atoms with E-state index in [0.717, 1.165) is 32.1 Å². The molecule has 8 nitrogen and oxygen atoms in total. The predicted octanol–water partition coefficient (Wildman–Crippen LogP) is 0.918. The number of rotatable bonds is 6. The summed E-state index contributed by atoms with van der Waals surface area (Å²) in [5.74, 6) is -2.27. The number of hydrogen-bond acceptors (Lipinski definition) is 7. The molecule has 0 bridgehead atoms. The second-order valence-electron chi connectivity index (χ2n) is 8.04. The molecule has 0 radical (unpaired) electrons. The monoisotopic (exact) mass is 370 g/mol. The van der Waals surface area contributed by atoms with Gasteiger partial charge in [-0.1, -0.05) is 19.3 Å². The highest BCUT2D eigenvalue weighted by Gasteiger charge is 2.59. The fourth-order valence-corrected chi connectivity index (χ4v) is 4.02. The number of nitrogens with two attached hydrogens (primary N) is 1. The summed E-state index contributed by atoms with van der Waals surface area (Å²) in [7, 11) is 0. The van der Waals surface area contributed by atoms with Crippen LogP contribution < -0.4 is 5.73 Å². The van der Waals surface area contributed by atoms with Gasteiger partial charge in [-0.15, -0.1) is 0 Å². The molecular weight excluding hydrogens is 340 g/mol. The number of aliphatic carboxylic acids is 1. The largest absolute Gasteiger partial charge is 0.480 e. The number of ether oxygens (including phenoxy) is 2. The Balaban J connectivity index is 2.37. The fourth-order valence-electron chi connectivity index (χ4n) is 4.02. The molecule has 3 N–H and O–H groups in total. The number of carboxylic acids is 1. The summed E-state index contributed by atoms with van der Waals surface area (Å²) in [5.41, 5.74) is 3.47. The molecule has 1 aliphatic carbocycles. The molecule has 1 heterocycles. The zero-order chi connectivity index (χ0) is 19.5. The Morgan fingerprint density at radius 2 is 1.85 bits per heavy atom. The Morgan fingerprint density at radius 1 is 1.23 bits per heavy atom. The summed E-state index contributed by atoms with van der Waals surface area (Å²) >= 11 is 0. The maximum Gasteiger partial charge on any atom is 0.323 e. The summed E-state index contributed by atoms with van der Waals surface area (Å²) in [6.07, 6.45) is 4.42. The van der Waals surface area contributed by atoms with E-state index < -0.39 is 29.3 Å². The van der Waals surface area contributed by atoms with Gasteiger partial charge < -0.3 is 20.3 Å². The van der Waals surface area contributed by atoms with Crippen LogP contribution in [0.1, 0.15) is 52.9 Å². The molecule has 148 valence electrons. The zero-order valence-corrected chi connectivity index (χ0v) is 15.8. The van der Waals surface area contributed by atoms with Gasteiger partial charge in [-0.25, -0.2) is 4.90 Å². The van der Waals surface area contributed by atoms with Gasteiger partial charge in [0.1, 0.15) is 18.2 Å². The molecule has 8 heteroatoms. The van der Waals surface area contributed by atoms with Crippen molar-refractivity contribution in [1.29, 1.82) is 0 Å². The summed E-state index contributed by atoms with van der Waals surface area (Å²) in [6, 6.07) is -1.08. The van der Waals surface area contributed by atoms with Crippen LogP contribution in [0.4, 0.5) is 0 Å². The first-order valence-corrected chi connectivity index (χ1v) is 9.20. The van der Waals surface area contributed by atoms with Crippen molar-refractivity contribution in [1.82, 2.24) is 4.90 Å². The summed E-state index contributed by atoms with van der Waals surface area (Å²) < 4.78 is 11.2. The average Bonchev–Trinajstić information content (AvgIpc) is 2.93. The Morgan fingerprint density at radius 3 is 2.35 bits per heavy atom. The Kier molecular flexibility index (Phi) is 6.42. The van der Waals surface area contributed by atoms with Crippen LogP contribution in [-0.4, -0.2) is 64.8 Å². The zero-order valence-electron chi connectivity index (χ0n) is 15.8. The molecule has 1 saturated heterocycles. The molecule has 0 amide bonds. The molecule has 2 atom stereocenters. The van der Waals surface area contributed by atoms with Crippen LogP contribution >= 0.6 is 0 Å². The van der Waals surface area contributed by atoms with Crippen molar-refractivity contribution in [3.63, 3.8) is 0 Å². The molecular formula is C18H30N2O6. The first-order chi connectivity index (χ1) is 12.1. The first-order valence-electron chi connectivity index (χ1n) is 9.20. The number of carboxylic acid groups (broad SMARTS) is 1. The van der Waals surface area contributed by atoms with Gasteiger partial charge in [0.2, 0.25) is 0 Å². The molecule has 0 aromatic rings. The first kappa shape index (κ1) is 20.8. The molecule has 1 aliphatic heterocycles. The highest BCUT2D eigenvalue weighted by Crippen LogP contribution is 2.42. The van der Waals surface area contributed by atoms with Gasteiger partial charge in [-0.05, 0) is 33.6 Å². The highest BCUT2D eigenvalue weighted by atomic mass is 16.6. The third-order valence-electron chi connectivity index (χ3n) is 5.01. The molecule has 26 heavy (non-hydrogen) atoms. The van der Waals surface area contributed by atoms with Crippen LogP contribution in [0.2, 0.25) is 0 Å². The second-order valence-corrected chi connectivity index (χ2v) is 8.04. The van der Waals surface area contributed by atoms with Crippen LogP contribution in [-0.2, 0) is 23.9 Å². The molecule has 2 unspecified atom stereocenters. The molecule has 0 aromatic heterocycles. The average molecular weight is 370 g/mol. The Labute approximate surface area is 154 Å². The van der Waals surface area contributed by atoms with Crippen LogP contribution in [0.5, 0.6) is 0 Å². The smallest absolute Gasteiger partial charge is 0.323 e. The van der Waals surface area contributed by atoms with E-state index in [-0.39, 0.29) is 31.4 Å². The summed E-state index contributed by atoms with van der Waals surface area (Å²) in [6.45, 7) is 4.46. The van der Waals surface area contributed by atoms with Crippen LogP contribution in [0, 0.1) is 5.92 Å². The summed E-state index contributed by atoms with van der Waals surface area (Å²) in [4.78, 5) is 38.4. The van der Waals surface area contributed by atoms with Crippen molar-refractivity contribution in [3.8, 4) is 0 Å². The predicted molar refractivity (Wildman–Crippen MR) is 93.3 cm³/mol. The maximum absolute atomic E-state index is 12.8. The van der Waals surface area contributed by atoms with E-state index in [1.54, 1.807) is 20.8 Å². The standard InChI is InChI=1S/C18H30N2O6/c1-17(2,3)26-15(22)10-20-13(16(23)24)11-25-18(20,14(21)9-19)12-7-5-4-6-8-12/h12-13H,4-11,19H2,1-3H3,(H,23,24). The van der Waals surface area contributed by atoms with Gasteiger partial charge in [0.25, 0.3) is 0 Å². The molecule has 2 aliphatic rings. The minimum atomic E-state index is -1.46. The number of hydrogen-bond donors (Lipinski definition) is 2. The third-order valence-corrected chi connectivity index (χ3v) is 5.01. The van der Waals surface area contributed by atoms with E-state index in [4.69, 9.17) is 15.2 Å². The van der Waals surface area contributed by atoms with E-state index in [2.05, 4.69) is 0 Å². The lowest BCUT2D eigenvalue weighted by atomic mass is 9.78. The number of carbonyl (C=O) groups excluding carboxylic acids is 2. The lowest BCUT2D eigenvalue weighted by Crippen LogP contribution is -2.63. The molecule has 0 aromatic carbocycles. The van der Waals surface area contributed by atoms with Crippen molar-refractivity contribution in [2.45, 2.75) is 70.2 Å². The topological polar surface area (TPSA) is 119 Å². The minimum absolute atomic E-state index is 0.152. The van der Waals surface area contributed by atoms with E-state index in [1.807, 2.05) is 0 Å². The Hall–Kier alpha value is -1.51. The van der Waals surface area contributed by atoms with Crippen molar-refractivity contribution in [2.24, 2.45) is 11.7 Å². The number of nitrogens with zero attached hydrogens (tertiary/aromatic N) is 1. The van der Waals surface area contributed by atoms with Gasteiger partial charge in [-0.3, -0.25) is 14.4 Å². The van der Waals surface area contributed by atoms with Crippen molar-refractivity contribution in [3.05, 3.63) is 0 Å². The number of ketones is 1. The van der Waals surface area contributed by atoms with E-state index in [9.17, 15) is 19.5 Å². The quantitative estimate of drug-likeness (QED) is 0.663. The number of Topliss-reactive ketones (excluding diaryl/α,β-unsaturated/α-hetero) is 1. The summed E-state index contributed by atoms with van der Waals surface area (Å²) in [5, 5.41) is 9.60. The SMILES string of the molecule is CC(C)(C)OC(=O)CN1C(C(=O)O)COC1(C(=O)CN)C1CCCCC1. The lowest BCUT2D eigenvalue weighted by Gasteiger charge is -2.43. The van der Waals surface area contributed by atoms with Gasteiger partial charge >= 0.3 is 11.9 Å². The maximum atomic E-state index is 12.8. The minimum Gasteiger partial charge on any atom is -0.480 e. The van der Waals surface area contributed by atoms with Crippen molar-refractivity contribution < 1.29 is 29.0 Å². The van der Waals surface area contributed by atoms with E-state index in [1.165, 1.54) is 4.90 Å². The van der Waals surface area contributed by atoms with Crippen LogP contribution in [0.25, 0.3) is 0 Å². The van der Waals surface area contributed by atoms with Crippen LogP contribution in [0.15, 0.2) is 0 Å². The molecule has 2 rings (SSSR count). The second kappa shape index (κ2) is 8.02. The lowest BCUT2D eigenvalue weighted by molar-refractivity contribution is -0.179. The molecule has 1 saturated carbocycles. The van der Waals surface area contributed by atoms with Gasteiger partial charge in [-0.2, -0.15) is 0 Å². The fraction of sp³-hybridized carbons (Fsp3) is 0.833. The van der Waals surface area contributed by atoms with E-state index in [0.29, 0.717) is 0 Å². The van der Waals surface area contributed by atoms with Gasteiger partial charge in [0.15, 0.2) is 11.5 Å². The van der Waals surface area contributed by atoms with Crippen LogP contribution in [0.3, 0.4) is 0 Å². The van der Waals surface area contributed by atoms with Crippen molar-refractivity contribution >= 4 is 17.7 Å². The van der Waals surface area contributed by atoms with E-state index >= 15 is 0 Å². The molecule has 0 spiro atoms. The Bertz CT molecular complexity index is 552. The van der Waals surface area contributed by atoms with Gasteiger partial charge in [0, 0.05) is 5.92 Å². The number of carbonyl (C=O) groups is 3. The number of esters is 1. The molecule has 2 fully saturated rings. The highest BCUT2D eigenvalue weighted by molar-refractivity contribution is 5.91. The third kappa shape index (κ3) is 4.24.